The van der Waals surface area contributed by atoms with E-state index in [1.807, 2.05) is 0 Å². The first-order chi connectivity index (χ1) is 5.26. The van der Waals surface area contributed by atoms with Crippen molar-refractivity contribution in [2.45, 2.75) is 6.92 Å². The van der Waals surface area contributed by atoms with Gasteiger partial charge in [0.05, 0.1) is 7.11 Å². The number of aromatic nitrogens is 2. The largest absolute Gasteiger partial charge is 0.481 e. The summed E-state index contributed by atoms with van der Waals surface area (Å²) in [4.78, 5) is 7.94. The molecule has 5 nitrogen and oxygen atoms in total. The van der Waals surface area contributed by atoms with Gasteiger partial charge in [0.15, 0.2) is 0 Å². The van der Waals surface area contributed by atoms with Gasteiger partial charge in [-0.2, -0.15) is 4.98 Å². The number of rotatable bonds is 2. The van der Waals surface area contributed by atoms with Crippen molar-refractivity contribution >= 4 is 5.82 Å². The Kier molecular flexibility index (Phi) is 2.22. The van der Waals surface area contributed by atoms with E-state index in [-0.39, 0.29) is 0 Å². The molecule has 60 valence electrons. The molecule has 0 spiro atoms. The number of nitrogens with two attached hydrogens (primary N) is 1. The second kappa shape index (κ2) is 3.16. The van der Waals surface area contributed by atoms with Crippen molar-refractivity contribution in [1.29, 1.82) is 0 Å². The Morgan fingerprint density at radius 3 is 2.82 bits per heavy atom. The number of anilines is 1. The van der Waals surface area contributed by atoms with Crippen molar-refractivity contribution in [1.82, 2.24) is 9.97 Å². The highest BCUT2D eigenvalue weighted by molar-refractivity contribution is 5.36. The summed E-state index contributed by atoms with van der Waals surface area (Å²) in [5.74, 6) is 6.82. The lowest BCUT2D eigenvalue weighted by atomic mass is 10.5. The zero-order valence-electron chi connectivity index (χ0n) is 6.46. The number of hydrogen-bond donors (Lipinski definition) is 2. The number of nitrogens with zero attached hydrogens (tertiary/aromatic N) is 2. The Bertz CT molecular complexity index is 228. The predicted molar refractivity (Wildman–Crippen MR) is 41.1 cm³/mol. The van der Waals surface area contributed by atoms with Crippen LogP contribution in [0.4, 0.5) is 5.82 Å². The molecule has 0 aliphatic rings. The average molecular weight is 154 g/mol. The van der Waals surface area contributed by atoms with E-state index in [0.717, 1.165) is 0 Å². The molecule has 1 rings (SSSR count). The van der Waals surface area contributed by atoms with Crippen molar-refractivity contribution in [2.75, 3.05) is 12.5 Å². The van der Waals surface area contributed by atoms with E-state index in [4.69, 9.17) is 10.6 Å². The molecule has 5 heteroatoms. The van der Waals surface area contributed by atoms with Gasteiger partial charge in [0.2, 0.25) is 5.88 Å². The third-order valence-electron chi connectivity index (χ3n) is 1.17. The lowest BCUT2D eigenvalue weighted by molar-refractivity contribution is 0.396. The summed E-state index contributed by atoms with van der Waals surface area (Å²) in [7, 11) is 1.54. The molecule has 0 fully saturated rings. The van der Waals surface area contributed by atoms with Crippen LogP contribution in [0.15, 0.2) is 6.07 Å². The number of nitrogen functional groups attached to an aromatic ring is 1. The van der Waals surface area contributed by atoms with Gasteiger partial charge in [-0.25, -0.2) is 10.8 Å². The van der Waals surface area contributed by atoms with Gasteiger partial charge in [0, 0.05) is 6.07 Å². The topological polar surface area (TPSA) is 73.1 Å². The Morgan fingerprint density at radius 2 is 2.27 bits per heavy atom. The third kappa shape index (κ3) is 1.78. The van der Waals surface area contributed by atoms with Gasteiger partial charge < -0.3 is 10.2 Å². The quantitative estimate of drug-likeness (QED) is 0.466. The number of aryl methyl sites for hydroxylation is 1. The fourth-order valence-corrected chi connectivity index (χ4v) is 0.719. The summed E-state index contributed by atoms with van der Waals surface area (Å²) >= 11 is 0. The van der Waals surface area contributed by atoms with Crippen LogP contribution in [0.1, 0.15) is 5.82 Å². The predicted octanol–water partition coefficient (Wildman–Crippen LogP) is 0.0792. The highest BCUT2D eigenvalue weighted by Gasteiger charge is 1.98. The van der Waals surface area contributed by atoms with Crippen LogP contribution >= 0.6 is 0 Å². The van der Waals surface area contributed by atoms with Gasteiger partial charge in [-0.1, -0.05) is 0 Å². The van der Waals surface area contributed by atoms with Crippen molar-refractivity contribution < 1.29 is 4.74 Å². The van der Waals surface area contributed by atoms with Crippen LogP contribution in [0.25, 0.3) is 0 Å². The van der Waals surface area contributed by atoms with Gasteiger partial charge in [-0.15, -0.1) is 0 Å². The molecule has 1 heterocycles. The summed E-state index contributed by atoms with van der Waals surface area (Å²) in [6, 6.07) is 1.62. The molecule has 0 amide bonds. The molecule has 11 heavy (non-hydrogen) atoms. The van der Waals surface area contributed by atoms with Gasteiger partial charge in [0.25, 0.3) is 0 Å². The summed E-state index contributed by atoms with van der Waals surface area (Å²) in [5, 5.41) is 0. The van der Waals surface area contributed by atoms with Crippen molar-refractivity contribution in [2.24, 2.45) is 5.84 Å². The summed E-state index contributed by atoms with van der Waals surface area (Å²) in [6.45, 7) is 1.77. The first-order valence-electron chi connectivity index (χ1n) is 3.12. The van der Waals surface area contributed by atoms with Crippen LogP contribution in [-0.4, -0.2) is 17.1 Å². The molecular weight excluding hydrogens is 144 g/mol. The van der Waals surface area contributed by atoms with Gasteiger partial charge in [0.1, 0.15) is 11.6 Å². The monoisotopic (exact) mass is 154 g/mol. The molecule has 0 atom stereocenters. The zero-order chi connectivity index (χ0) is 8.27. The van der Waals surface area contributed by atoms with Crippen LogP contribution in [0, 0.1) is 6.92 Å². The van der Waals surface area contributed by atoms with Crippen molar-refractivity contribution in [3.63, 3.8) is 0 Å². The average Bonchev–Trinajstić information content (AvgIpc) is 2.03. The fourth-order valence-electron chi connectivity index (χ4n) is 0.719. The summed E-state index contributed by atoms with van der Waals surface area (Å²) < 4.78 is 4.89. The minimum absolute atomic E-state index is 0.505. The Hall–Kier alpha value is -1.36. The maximum Gasteiger partial charge on any atom is 0.218 e. The van der Waals surface area contributed by atoms with E-state index < -0.39 is 0 Å². The second-order valence-corrected chi connectivity index (χ2v) is 1.99. The molecule has 0 aromatic carbocycles. The maximum absolute atomic E-state index is 5.15. The molecule has 1 aromatic rings. The molecule has 0 saturated carbocycles. The molecule has 0 radical (unpaired) electrons. The Morgan fingerprint density at radius 1 is 1.55 bits per heavy atom. The molecule has 0 saturated heterocycles. The number of methoxy groups -OCH3 is 1. The van der Waals surface area contributed by atoms with E-state index in [1.165, 1.54) is 0 Å². The molecule has 0 aliphatic carbocycles. The minimum atomic E-state index is 0.505. The third-order valence-corrected chi connectivity index (χ3v) is 1.17. The van der Waals surface area contributed by atoms with E-state index in [1.54, 1.807) is 20.1 Å². The fraction of sp³-hybridized carbons (Fsp3) is 0.333. The van der Waals surface area contributed by atoms with Crippen LogP contribution in [-0.2, 0) is 0 Å². The normalized spacial score (nSPS) is 9.36. The molecular formula is C6H10N4O. The maximum atomic E-state index is 5.15. The zero-order valence-corrected chi connectivity index (χ0v) is 6.46. The first kappa shape index (κ1) is 7.74. The number of nitrogens with one attached hydrogen (secondary N) is 1. The van der Waals surface area contributed by atoms with Crippen molar-refractivity contribution in [3.05, 3.63) is 11.9 Å². The van der Waals surface area contributed by atoms with Crippen LogP contribution in [0.2, 0.25) is 0 Å². The second-order valence-electron chi connectivity index (χ2n) is 1.99. The minimum Gasteiger partial charge on any atom is -0.481 e. The molecule has 1 aromatic heterocycles. The number of ether oxygens (including phenoxy) is 1. The molecule has 0 bridgehead atoms. The number of hydrazine groups is 1. The van der Waals surface area contributed by atoms with E-state index in [2.05, 4.69) is 15.4 Å². The lowest BCUT2D eigenvalue weighted by Gasteiger charge is -2.02. The lowest BCUT2D eigenvalue weighted by Crippen LogP contribution is -2.09. The Labute approximate surface area is 64.6 Å². The first-order valence-corrected chi connectivity index (χ1v) is 3.12. The van der Waals surface area contributed by atoms with Gasteiger partial charge in [-0.3, -0.25) is 0 Å². The molecule has 0 unspecified atom stereocenters. The van der Waals surface area contributed by atoms with E-state index >= 15 is 0 Å². The van der Waals surface area contributed by atoms with Crippen LogP contribution < -0.4 is 16.0 Å². The molecule has 0 aliphatic heterocycles. The van der Waals surface area contributed by atoms with E-state index in [0.29, 0.717) is 17.5 Å². The smallest absolute Gasteiger partial charge is 0.218 e. The number of hydrogen-bond acceptors (Lipinski definition) is 5. The Balaban J connectivity index is 3.02. The van der Waals surface area contributed by atoms with Crippen LogP contribution in [0.5, 0.6) is 5.88 Å². The summed E-state index contributed by atoms with van der Waals surface area (Å²) in [6.07, 6.45) is 0. The van der Waals surface area contributed by atoms with Crippen molar-refractivity contribution in [3.8, 4) is 5.88 Å². The summed E-state index contributed by atoms with van der Waals surface area (Å²) in [5.41, 5.74) is 2.41. The van der Waals surface area contributed by atoms with Gasteiger partial charge >= 0.3 is 0 Å². The highest BCUT2D eigenvalue weighted by Crippen LogP contribution is 2.10. The molecule has 3 N–H and O–H groups in total. The SMILES string of the molecule is COc1cc(NN)nc(C)n1. The van der Waals surface area contributed by atoms with Gasteiger partial charge in [-0.05, 0) is 6.92 Å². The highest BCUT2D eigenvalue weighted by atomic mass is 16.5. The van der Waals surface area contributed by atoms with E-state index in [9.17, 15) is 0 Å². The standard InChI is InChI=1S/C6H10N4O/c1-4-8-5(10-7)3-6(9-4)11-2/h3H,7H2,1-2H3,(H,8,9,10). The van der Waals surface area contributed by atoms with Crippen LogP contribution in [0.3, 0.4) is 0 Å².